The highest BCUT2D eigenvalue weighted by atomic mass is 32.2. The molecule has 0 aliphatic rings. The predicted octanol–water partition coefficient (Wildman–Crippen LogP) is 3.61. The smallest absolute Gasteiger partial charge is 0.248 e. The van der Waals surface area contributed by atoms with E-state index in [1.165, 1.54) is 7.11 Å². The van der Waals surface area contributed by atoms with Crippen LogP contribution in [-0.4, -0.2) is 33.7 Å². The van der Waals surface area contributed by atoms with Gasteiger partial charge in [-0.25, -0.2) is 8.42 Å². The fourth-order valence-electron chi connectivity index (χ4n) is 3.19. The van der Waals surface area contributed by atoms with Crippen LogP contribution in [0.15, 0.2) is 42.5 Å². The molecule has 0 aliphatic heterocycles. The maximum Gasteiger partial charge on any atom is 0.248 e. The first-order chi connectivity index (χ1) is 13.2. The van der Waals surface area contributed by atoms with E-state index in [9.17, 15) is 13.2 Å². The van der Waals surface area contributed by atoms with Crippen molar-refractivity contribution in [3.63, 3.8) is 0 Å². The maximum atomic E-state index is 13.0. The Hall–Kier alpha value is -2.54. The fraction of sp³-hybridized carbons (Fsp3) is 0.381. The van der Waals surface area contributed by atoms with E-state index in [-0.39, 0.29) is 5.91 Å². The van der Waals surface area contributed by atoms with Crippen LogP contribution in [0.5, 0.6) is 5.75 Å². The summed E-state index contributed by atoms with van der Waals surface area (Å²) in [5.74, 6) is 0.132. The van der Waals surface area contributed by atoms with E-state index in [0.717, 1.165) is 40.2 Å². The summed E-state index contributed by atoms with van der Waals surface area (Å²) in [6, 6.07) is 11.6. The van der Waals surface area contributed by atoms with E-state index in [1.807, 2.05) is 32.0 Å². The number of hydrogen-bond acceptors (Lipinski definition) is 4. The van der Waals surface area contributed by atoms with Gasteiger partial charge in [-0.15, -0.1) is 0 Å². The van der Waals surface area contributed by atoms with Crippen LogP contribution >= 0.6 is 0 Å². The van der Waals surface area contributed by atoms with Crippen molar-refractivity contribution in [2.24, 2.45) is 0 Å². The molecule has 0 fully saturated rings. The molecule has 0 radical (unpaired) electrons. The molecule has 0 saturated heterocycles. The molecule has 2 aromatic carbocycles. The molecule has 6 nitrogen and oxygen atoms in total. The number of amides is 1. The van der Waals surface area contributed by atoms with Crippen LogP contribution in [0.3, 0.4) is 0 Å². The Morgan fingerprint density at radius 3 is 2.18 bits per heavy atom. The van der Waals surface area contributed by atoms with Gasteiger partial charge < -0.3 is 10.1 Å². The molecule has 0 unspecified atom stereocenters. The lowest BCUT2D eigenvalue weighted by molar-refractivity contribution is -0.116. The number of methoxy groups -OCH3 is 1. The van der Waals surface area contributed by atoms with Crippen LogP contribution in [0.1, 0.15) is 31.9 Å². The molecule has 0 spiro atoms. The van der Waals surface area contributed by atoms with E-state index < -0.39 is 16.1 Å². The van der Waals surface area contributed by atoms with Crippen LogP contribution in [0.4, 0.5) is 11.4 Å². The molecular weight excluding hydrogens is 376 g/mol. The number of anilines is 2. The van der Waals surface area contributed by atoms with Crippen molar-refractivity contribution in [1.29, 1.82) is 0 Å². The third kappa shape index (κ3) is 4.84. The second-order valence-electron chi connectivity index (χ2n) is 6.58. The van der Waals surface area contributed by atoms with Gasteiger partial charge in [0.05, 0.1) is 19.1 Å². The molecule has 0 heterocycles. The zero-order chi connectivity index (χ0) is 20.9. The van der Waals surface area contributed by atoms with Gasteiger partial charge in [0.25, 0.3) is 0 Å². The zero-order valence-electron chi connectivity index (χ0n) is 17.0. The van der Waals surface area contributed by atoms with E-state index in [4.69, 9.17) is 4.74 Å². The minimum Gasteiger partial charge on any atom is -0.497 e. The van der Waals surface area contributed by atoms with E-state index in [0.29, 0.717) is 11.4 Å². The molecule has 1 N–H and O–H groups in total. The quantitative estimate of drug-likeness (QED) is 0.729. The molecular formula is C21H28N2O4S. The SMILES string of the molecule is CCc1cccc(CC)c1NC(=O)[C@@H](C)N(c1cccc(OC)c1)S(C)(=O)=O. The van der Waals surface area contributed by atoms with Crippen molar-refractivity contribution in [3.8, 4) is 5.75 Å². The average Bonchev–Trinajstić information content (AvgIpc) is 2.67. The molecule has 0 saturated carbocycles. The fourth-order valence-corrected chi connectivity index (χ4v) is 4.35. The molecule has 28 heavy (non-hydrogen) atoms. The lowest BCUT2D eigenvalue weighted by Crippen LogP contribution is -2.45. The number of nitrogens with zero attached hydrogens (tertiary/aromatic N) is 1. The number of ether oxygens (including phenoxy) is 1. The normalized spacial score (nSPS) is 12.3. The first kappa shape index (κ1) is 21.8. The summed E-state index contributed by atoms with van der Waals surface area (Å²) in [5, 5.41) is 2.96. The van der Waals surface area contributed by atoms with Gasteiger partial charge in [-0.05, 0) is 43.0 Å². The van der Waals surface area contributed by atoms with Gasteiger partial charge in [0.15, 0.2) is 0 Å². The number of carbonyl (C=O) groups excluding carboxylic acids is 1. The van der Waals surface area contributed by atoms with E-state index in [2.05, 4.69) is 5.32 Å². The number of hydrogen-bond donors (Lipinski definition) is 1. The summed E-state index contributed by atoms with van der Waals surface area (Å²) in [6.07, 6.45) is 2.63. The Morgan fingerprint density at radius 2 is 1.68 bits per heavy atom. The molecule has 1 atom stereocenters. The predicted molar refractivity (Wildman–Crippen MR) is 114 cm³/mol. The molecule has 7 heteroatoms. The highest BCUT2D eigenvalue weighted by molar-refractivity contribution is 7.92. The van der Waals surface area contributed by atoms with Crippen molar-refractivity contribution < 1.29 is 17.9 Å². The van der Waals surface area contributed by atoms with Crippen molar-refractivity contribution in [1.82, 2.24) is 0 Å². The number of rotatable bonds is 8. The van der Waals surface area contributed by atoms with Gasteiger partial charge in [0, 0.05) is 11.8 Å². The summed E-state index contributed by atoms with van der Waals surface area (Å²) in [6.45, 7) is 5.62. The number of benzene rings is 2. The number of sulfonamides is 1. The third-order valence-corrected chi connectivity index (χ3v) is 5.88. The van der Waals surface area contributed by atoms with Crippen LogP contribution in [0, 0.1) is 0 Å². The summed E-state index contributed by atoms with van der Waals surface area (Å²) in [5.41, 5.74) is 3.19. The van der Waals surface area contributed by atoms with Gasteiger partial charge >= 0.3 is 0 Å². The second kappa shape index (κ2) is 9.10. The Labute approximate surface area is 167 Å². The largest absolute Gasteiger partial charge is 0.497 e. The Kier molecular flexibility index (Phi) is 7.07. The highest BCUT2D eigenvalue weighted by Crippen LogP contribution is 2.27. The van der Waals surface area contributed by atoms with Crippen molar-refractivity contribution >= 4 is 27.3 Å². The van der Waals surface area contributed by atoms with Crippen LogP contribution in [0.2, 0.25) is 0 Å². The molecule has 0 bridgehead atoms. The van der Waals surface area contributed by atoms with E-state index in [1.54, 1.807) is 31.2 Å². The maximum absolute atomic E-state index is 13.0. The van der Waals surface area contributed by atoms with Gasteiger partial charge in [-0.3, -0.25) is 9.10 Å². The molecule has 0 aliphatic carbocycles. The summed E-state index contributed by atoms with van der Waals surface area (Å²) in [7, 11) is -2.19. The monoisotopic (exact) mass is 404 g/mol. The lowest BCUT2D eigenvalue weighted by atomic mass is 10.0. The second-order valence-corrected chi connectivity index (χ2v) is 8.44. The highest BCUT2D eigenvalue weighted by Gasteiger charge is 2.30. The number of carbonyl (C=O) groups is 1. The van der Waals surface area contributed by atoms with Gasteiger partial charge in [0.1, 0.15) is 11.8 Å². The van der Waals surface area contributed by atoms with Gasteiger partial charge in [-0.1, -0.05) is 38.1 Å². The average molecular weight is 405 g/mol. The van der Waals surface area contributed by atoms with Crippen molar-refractivity contribution in [3.05, 3.63) is 53.6 Å². The number of nitrogens with one attached hydrogen (secondary N) is 1. The standard InChI is InChI=1S/C21H28N2O4S/c1-6-16-10-8-11-17(7-2)20(16)22-21(24)15(3)23(28(5,25)26)18-12-9-13-19(14-18)27-4/h8-15H,6-7H2,1-5H3,(H,22,24)/t15-/m1/s1. The van der Waals surface area contributed by atoms with Crippen molar-refractivity contribution in [2.75, 3.05) is 23.0 Å². The summed E-state index contributed by atoms with van der Waals surface area (Å²) in [4.78, 5) is 13.0. The van der Waals surface area contributed by atoms with Crippen molar-refractivity contribution in [2.45, 2.75) is 39.7 Å². The van der Waals surface area contributed by atoms with Crippen LogP contribution in [0.25, 0.3) is 0 Å². The zero-order valence-corrected chi connectivity index (χ0v) is 17.8. The number of para-hydroxylation sites is 1. The molecule has 1 amide bonds. The summed E-state index contributed by atoms with van der Waals surface area (Å²) < 4.78 is 31.3. The first-order valence-corrected chi connectivity index (χ1v) is 11.1. The van der Waals surface area contributed by atoms with Gasteiger partial charge in [-0.2, -0.15) is 0 Å². The first-order valence-electron chi connectivity index (χ1n) is 9.28. The van der Waals surface area contributed by atoms with Crippen LogP contribution < -0.4 is 14.4 Å². The molecule has 2 aromatic rings. The van der Waals surface area contributed by atoms with Crippen LogP contribution in [-0.2, 0) is 27.7 Å². The Bertz CT molecular complexity index is 919. The molecule has 0 aromatic heterocycles. The molecule has 2 rings (SSSR count). The lowest BCUT2D eigenvalue weighted by Gasteiger charge is -2.29. The topological polar surface area (TPSA) is 75.7 Å². The Morgan fingerprint density at radius 1 is 1.11 bits per heavy atom. The minimum absolute atomic E-state index is 0.379. The Balaban J connectivity index is 2.41. The van der Waals surface area contributed by atoms with Gasteiger partial charge in [0.2, 0.25) is 15.9 Å². The molecule has 152 valence electrons. The van der Waals surface area contributed by atoms with E-state index >= 15 is 0 Å². The summed E-state index contributed by atoms with van der Waals surface area (Å²) >= 11 is 0. The number of aryl methyl sites for hydroxylation is 2. The minimum atomic E-state index is -3.69. The third-order valence-electron chi connectivity index (χ3n) is 4.64.